The third kappa shape index (κ3) is 3.87. The SMILES string of the molecule is COC(=O)CC(C)Sc1nccn(C(C)C)c1=O. The van der Waals surface area contributed by atoms with E-state index in [1.54, 1.807) is 17.0 Å². The topological polar surface area (TPSA) is 61.2 Å². The molecular weight excluding hydrogens is 252 g/mol. The molecule has 0 amide bonds. The Morgan fingerprint density at radius 2 is 2.17 bits per heavy atom. The molecule has 0 fully saturated rings. The van der Waals surface area contributed by atoms with Crippen molar-refractivity contribution in [1.29, 1.82) is 0 Å². The highest BCUT2D eigenvalue weighted by atomic mass is 32.2. The molecule has 0 aliphatic heterocycles. The molecule has 0 aliphatic rings. The van der Waals surface area contributed by atoms with Crippen molar-refractivity contribution in [3.8, 4) is 0 Å². The maximum atomic E-state index is 12.1. The summed E-state index contributed by atoms with van der Waals surface area (Å²) in [6, 6.07) is 0.0933. The summed E-state index contributed by atoms with van der Waals surface area (Å²) in [6.45, 7) is 5.75. The number of rotatable bonds is 5. The maximum absolute atomic E-state index is 12.1. The Labute approximate surface area is 111 Å². The van der Waals surface area contributed by atoms with Gasteiger partial charge in [0.15, 0.2) is 5.03 Å². The number of nitrogens with zero attached hydrogens (tertiary/aromatic N) is 2. The molecule has 0 radical (unpaired) electrons. The first-order valence-electron chi connectivity index (χ1n) is 5.76. The summed E-state index contributed by atoms with van der Waals surface area (Å²) in [5, 5.41) is 0.378. The van der Waals surface area contributed by atoms with Crippen LogP contribution in [0.25, 0.3) is 0 Å². The van der Waals surface area contributed by atoms with Crippen molar-refractivity contribution < 1.29 is 9.53 Å². The molecule has 0 bridgehead atoms. The van der Waals surface area contributed by atoms with Gasteiger partial charge in [-0.15, -0.1) is 0 Å². The molecule has 0 saturated carbocycles. The Kier molecular flexibility index (Phi) is 5.40. The van der Waals surface area contributed by atoms with Crippen LogP contribution in [0, 0.1) is 0 Å². The van der Waals surface area contributed by atoms with E-state index in [-0.39, 0.29) is 29.2 Å². The summed E-state index contributed by atoms with van der Waals surface area (Å²) in [5.41, 5.74) is -0.116. The maximum Gasteiger partial charge on any atom is 0.306 e. The van der Waals surface area contributed by atoms with E-state index in [2.05, 4.69) is 9.72 Å². The largest absolute Gasteiger partial charge is 0.469 e. The van der Waals surface area contributed by atoms with Crippen LogP contribution in [-0.4, -0.2) is 27.9 Å². The third-order valence-electron chi connectivity index (χ3n) is 2.39. The van der Waals surface area contributed by atoms with Crippen LogP contribution in [0.5, 0.6) is 0 Å². The van der Waals surface area contributed by atoms with E-state index in [0.29, 0.717) is 5.03 Å². The van der Waals surface area contributed by atoms with Gasteiger partial charge in [0.1, 0.15) is 0 Å². The molecular formula is C12H18N2O3S. The number of carbonyl (C=O) groups is 1. The molecule has 1 aromatic heterocycles. The van der Waals surface area contributed by atoms with Crippen molar-refractivity contribution in [2.45, 2.75) is 43.5 Å². The fourth-order valence-corrected chi connectivity index (χ4v) is 2.37. The van der Waals surface area contributed by atoms with Crippen LogP contribution in [0.3, 0.4) is 0 Å². The zero-order valence-corrected chi connectivity index (χ0v) is 11.9. The summed E-state index contributed by atoms with van der Waals surface area (Å²) in [6.07, 6.45) is 3.54. The molecule has 6 heteroatoms. The lowest BCUT2D eigenvalue weighted by Crippen LogP contribution is -2.24. The van der Waals surface area contributed by atoms with Crippen molar-refractivity contribution in [2.24, 2.45) is 0 Å². The Morgan fingerprint density at radius 1 is 1.50 bits per heavy atom. The standard InChI is InChI=1S/C12H18N2O3S/c1-8(2)14-6-5-13-11(12(14)16)18-9(3)7-10(15)17-4/h5-6,8-9H,7H2,1-4H3. The van der Waals surface area contributed by atoms with Crippen LogP contribution in [0.4, 0.5) is 0 Å². The second-order valence-corrected chi connectivity index (χ2v) is 5.67. The van der Waals surface area contributed by atoms with Crippen LogP contribution < -0.4 is 5.56 Å². The van der Waals surface area contributed by atoms with Crippen LogP contribution in [0.1, 0.15) is 33.2 Å². The van der Waals surface area contributed by atoms with E-state index in [0.717, 1.165) is 0 Å². The predicted molar refractivity (Wildman–Crippen MR) is 70.8 cm³/mol. The lowest BCUT2D eigenvalue weighted by molar-refractivity contribution is -0.140. The summed E-state index contributed by atoms with van der Waals surface area (Å²) in [5.74, 6) is -0.282. The van der Waals surface area contributed by atoms with Crippen molar-refractivity contribution >= 4 is 17.7 Å². The molecule has 1 atom stereocenters. The summed E-state index contributed by atoms with van der Waals surface area (Å²) < 4.78 is 6.22. The van der Waals surface area contributed by atoms with E-state index in [4.69, 9.17) is 0 Å². The molecule has 0 saturated heterocycles. The molecule has 0 aliphatic carbocycles. The number of esters is 1. The van der Waals surface area contributed by atoms with Gasteiger partial charge in [-0.2, -0.15) is 0 Å². The van der Waals surface area contributed by atoms with E-state index in [9.17, 15) is 9.59 Å². The highest BCUT2D eigenvalue weighted by Crippen LogP contribution is 2.20. The van der Waals surface area contributed by atoms with Gasteiger partial charge in [-0.25, -0.2) is 4.98 Å². The number of carbonyl (C=O) groups excluding carboxylic acids is 1. The normalized spacial score (nSPS) is 12.5. The highest BCUT2D eigenvalue weighted by Gasteiger charge is 2.15. The Morgan fingerprint density at radius 3 is 2.72 bits per heavy atom. The lowest BCUT2D eigenvalue weighted by atomic mass is 10.3. The van der Waals surface area contributed by atoms with Gasteiger partial charge in [-0.3, -0.25) is 9.59 Å². The summed E-state index contributed by atoms with van der Waals surface area (Å²) >= 11 is 1.30. The molecule has 1 aromatic rings. The van der Waals surface area contributed by atoms with Gasteiger partial charge in [0.05, 0.1) is 13.5 Å². The first-order valence-corrected chi connectivity index (χ1v) is 6.64. The monoisotopic (exact) mass is 270 g/mol. The fraction of sp³-hybridized carbons (Fsp3) is 0.583. The van der Waals surface area contributed by atoms with Crippen LogP contribution in [0.15, 0.2) is 22.2 Å². The van der Waals surface area contributed by atoms with E-state index in [1.165, 1.54) is 18.9 Å². The summed E-state index contributed by atoms with van der Waals surface area (Å²) in [4.78, 5) is 27.3. The molecule has 5 nitrogen and oxygen atoms in total. The van der Waals surface area contributed by atoms with Crippen molar-refractivity contribution in [3.63, 3.8) is 0 Å². The fourth-order valence-electron chi connectivity index (χ4n) is 1.44. The van der Waals surface area contributed by atoms with E-state index >= 15 is 0 Å². The Bertz CT molecular complexity index is 471. The van der Waals surface area contributed by atoms with Gasteiger partial charge in [0.2, 0.25) is 0 Å². The number of methoxy groups -OCH3 is 1. The average Bonchev–Trinajstić information content (AvgIpc) is 2.31. The first-order chi connectivity index (χ1) is 8.45. The lowest BCUT2D eigenvalue weighted by Gasteiger charge is -2.12. The smallest absolute Gasteiger partial charge is 0.306 e. The number of thioether (sulfide) groups is 1. The van der Waals surface area contributed by atoms with Crippen LogP contribution in [-0.2, 0) is 9.53 Å². The number of hydrogen-bond acceptors (Lipinski definition) is 5. The first kappa shape index (κ1) is 14.8. The molecule has 1 rings (SSSR count). The Hall–Kier alpha value is -1.30. The molecule has 1 heterocycles. The van der Waals surface area contributed by atoms with E-state index < -0.39 is 0 Å². The minimum atomic E-state index is -0.282. The molecule has 0 N–H and O–H groups in total. The zero-order chi connectivity index (χ0) is 13.7. The van der Waals surface area contributed by atoms with Gasteiger partial charge < -0.3 is 9.30 Å². The molecule has 1 unspecified atom stereocenters. The minimum Gasteiger partial charge on any atom is -0.469 e. The second kappa shape index (κ2) is 6.58. The zero-order valence-electron chi connectivity index (χ0n) is 11.0. The van der Waals surface area contributed by atoms with Crippen molar-refractivity contribution in [2.75, 3.05) is 7.11 Å². The van der Waals surface area contributed by atoms with Crippen LogP contribution >= 0.6 is 11.8 Å². The molecule has 18 heavy (non-hydrogen) atoms. The quantitative estimate of drug-likeness (QED) is 0.604. The van der Waals surface area contributed by atoms with Crippen molar-refractivity contribution in [1.82, 2.24) is 9.55 Å². The average molecular weight is 270 g/mol. The Balaban J connectivity index is 2.82. The van der Waals surface area contributed by atoms with Gasteiger partial charge in [-0.05, 0) is 13.8 Å². The van der Waals surface area contributed by atoms with Crippen LogP contribution in [0.2, 0.25) is 0 Å². The van der Waals surface area contributed by atoms with Gasteiger partial charge in [0, 0.05) is 23.7 Å². The van der Waals surface area contributed by atoms with E-state index in [1.807, 2.05) is 20.8 Å². The second-order valence-electron chi connectivity index (χ2n) is 4.25. The number of aromatic nitrogens is 2. The van der Waals surface area contributed by atoms with Gasteiger partial charge in [0.25, 0.3) is 5.56 Å². The van der Waals surface area contributed by atoms with Gasteiger partial charge >= 0.3 is 5.97 Å². The predicted octanol–water partition coefficient (Wildman–Crippen LogP) is 1.87. The molecule has 0 aromatic carbocycles. The van der Waals surface area contributed by atoms with Gasteiger partial charge in [-0.1, -0.05) is 18.7 Å². The summed E-state index contributed by atoms with van der Waals surface area (Å²) in [7, 11) is 1.35. The number of hydrogen-bond donors (Lipinski definition) is 0. The molecule has 100 valence electrons. The third-order valence-corrected chi connectivity index (χ3v) is 3.46. The highest BCUT2D eigenvalue weighted by molar-refractivity contribution is 7.99. The van der Waals surface area contributed by atoms with Crippen molar-refractivity contribution in [3.05, 3.63) is 22.7 Å². The molecule has 0 spiro atoms. The minimum absolute atomic E-state index is 0.0411. The number of ether oxygens (including phenoxy) is 1.